The molecule has 0 aliphatic heterocycles. The predicted octanol–water partition coefficient (Wildman–Crippen LogP) is 3.42. The van der Waals surface area contributed by atoms with E-state index in [1.54, 1.807) is 36.5 Å². The average molecular weight is 296 g/mol. The molecule has 0 aliphatic rings. The summed E-state index contributed by atoms with van der Waals surface area (Å²) in [6, 6.07) is 9.15. The lowest BCUT2D eigenvalue weighted by atomic mass is 10.2. The average Bonchev–Trinajstić information content (AvgIpc) is 3.18. The molecule has 3 aromatic heterocycles. The lowest BCUT2D eigenvalue weighted by Gasteiger charge is -2.21. The van der Waals surface area contributed by atoms with Crippen LogP contribution in [0.3, 0.4) is 0 Å². The fourth-order valence-electron chi connectivity index (χ4n) is 2.28. The molecule has 0 N–H and O–H groups in total. The van der Waals surface area contributed by atoms with Gasteiger partial charge in [0.25, 0.3) is 5.91 Å². The van der Waals surface area contributed by atoms with E-state index in [9.17, 15) is 4.79 Å². The van der Waals surface area contributed by atoms with E-state index in [2.05, 4.69) is 4.98 Å². The maximum Gasteiger partial charge on any atom is 0.258 e. The summed E-state index contributed by atoms with van der Waals surface area (Å²) in [5, 5.41) is 0. The summed E-state index contributed by atoms with van der Waals surface area (Å²) in [5.74, 6) is 1.26. The second-order valence-electron chi connectivity index (χ2n) is 4.99. The molecule has 3 heterocycles. The Labute approximate surface area is 128 Å². The fraction of sp³-hybridized carbons (Fsp3) is 0.176. The summed E-state index contributed by atoms with van der Waals surface area (Å²) < 4.78 is 10.6. The lowest BCUT2D eigenvalue weighted by molar-refractivity contribution is 0.0715. The Hall–Kier alpha value is -2.82. The topological polar surface area (TPSA) is 59.5 Å². The Kier molecular flexibility index (Phi) is 4.05. The quantitative estimate of drug-likeness (QED) is 0.724. The summed E-state index contributed by atoms with van der Waals surface area (Å²) in [7, 11) is 0. The smallest absolute Gasteiger partial charge is 0.258 e. The summed E-state index contributed by atoms with van der Waals surface area (Å²) in [5.41, 5.74) is 1.53. The van der Waals surface area contributed by atoms with E-state index in [0.717, 1.165) is 11.3 Å². The van der Waals surface area contributed by atoms with Crippen LogP contribution in [0.2, 0.25) is 0 Å². The molecule has 112 valence electrons. The third kappa shape index (κ3) is 3.09. The maximum atomic E-state index is 12.8. The number of hydrogen-bond donors (Lipinski definition) is 0. The van der Waals surface area contributed by atoms with Crippen LogP contribution in [0.25, 0.3) is 0 Å². The molecule has 0 atom stereocenters. The Balaban J connectivity index is 1.85. The van der Waals surface area contributed by atoms with Crippen LogP contribution in [-0.4, -0.2) is 15.8 Å². The number of hydrogen-bond acceptors (Lipinski definition) is 4. The van der Waals surface area contributed by atoms with Crippen LogP contribution in [0, 0.1) is 6.92 Å². The van der Waals surface area contributed by atoms with Gasteiger partial charge in [0.05, 0.1) is 24.6 Å². The molecule has 0 fully saturated rings. The minimum Gasteiger partial charge on any atom is -0.469 e. The Morgan fingerprint density at radius 2 is 2.05 bits per heavy atom. The van der Waals surface area contributed by atoms with Gasteiger partial charge in [-0.25, -0.2) is 0 Å². The molecule has 5 nitrogen and oxygen atoms in total. The number of amides is 1. The molecule has 0 saturated carbocycles. The van der Waals surface area contributed by atoms with Gasteiger partial charge in [-0.3, -0.25) is 9.78 Å². The first-order valence-electron chi connectivity index (χ1n) is 6.98. The predicted molar refractivity (Wildman–Crippen MR) is 80.0 cm³/mol. The Morgan fingerprint density at radius 3 is 2.68 bits per heavy atom. The van der Waals surface area contributed by atoms with E-state index in [4.69, 9.17) is 8.83 Å². The van der Waals surface area contributed by atoms with Gasteiger partial charge < -0.3 is 13.7 Å². The van der Waals surface area contributed by atoms with Crippen LogP contribution in [0.5, 0.6) is 0 Å². The van der Waals surface area contributed by atoms with E-state index >= 15 is 0 Å². The minimum absolute atomic E-state index is 0.0912. The molecule has 0 aliphatic carbocycles. The molecule has 3 rings (SSSR count). The molecule has 0 spiro atoms. The normalized spacial score (nSPS) is 10.6. The van der Waals surface area contributed by atoms with E-state index in [1.165, 1.54) is 6.26 Å². The van der Waals surface area contributed by atoms with Crippen molar-refractivity contribution in [2.45, 2.75) is 20.0 Å². The highest BCUT2D eigenvalue weighted by Crippen LogP contribution is 2.17. The second-order valence-corrected chi connectivity index (χ2v) is 4.99. The van der Waals surface area contributed by atoms with Crippen LogP contribution in [0.4, 0.5) is 0 Å². The van der Waals surface area contributed by atoms with Crippen LogP contribution >= 0.6 is 0 Å². The highest BCUT2D eigenvalue weighted by atomic mass is 16.3. The SMILES string of the molecule is Cc1occc1C(=O)N(Cc1cccnc1)Cc1ccco1. The van der Waals surface area contributed by atoms with Crippen LogP contribution in [0.15, 0.2) is 64.1 Å². The number of rotatable bonds is 5. The second kappa shape index (κ2) is 6.30. The zero-order chi connectivity index (χ0) is 15.4. The molecular formula is C17H16N2O3. The number of aryl methyl sites for hydroxylation is 1. The number of nitrogens with zero attached hydrogens (tertiary/aromatic N) is 2. The van der Waals surface area contributed by atoms with Crippen molar-refractivity contribution in [1.29, 1.82) is 0 Å². The summed E-state index contributed by atoms with van der Waals surface area (Å²) in [6.45, 7) is 2.63. The molecule has 0 radical (unpaired) electrons. The lowest BCUT2D eigenvalue weighted by Crippen LogP contribution is -2.30. The third-order valence-corrected chi connectivity index (χ3v) is 3.40. The molecule has 0 bridgehead atoms. The van der Waals surface area contributed by atoms with Crippen molar-refractivity contribution in [1.82, 2.24) is 9.88 Å². The highest BCUT2D eigenvalue weighted by molar-refractivity contribution is 5.95. The Morgan fingerprint density at radius 1 is 1.14 bits per heavy atom. The van der Waals surface area contributed by atoms with Crippen molar-refractivity contribution in [3.8, 4) is 0 Å². The first kappa shape index (κ1) is 14.1. The molecule has 1 amide bonds. The van der Waals surface area contributed by atoms with Crippen LogP contribution in [-0.2, 0) is 13.1 Å². The van der Waals surface area contributed by atoms with Crippen LogP contribution in [0.1, 0.15) is 27.4 Å². The maximum absolute atomic E-state index is 12.8. The number of carbonyl (C=O) groups is 1. The van der Waals surface area contributed by atoms with Crippen molar-refractivity contribution in [2.24, 2.45) is 0 Å². The van der Waals surface area contributed by atoms with Crippen LogP contribution < -0.4 is 0 Å². The molecular weight excluding hydrogens is 280 g/mol. The summed E-state index contributed by atoms with van der Waals surface area (Å²) in [4.78, 5) is 18.6. The molecule has 5 heteroatoms. The van der Waals surface area contributed by atoms with Gasteiger partial charge in [0.2, 0.25) is 0 Å². The molecule has 0 saturated heterocycles. The minimum atomic E-state index is -0.0912. The van der Waals surface area contributed by atoms with Crippen molar-refractivity contribution in [3.05, 3.63) is 77.9 Å². The van der Waals surface area contributed by atoms with Gasteiger partial charge in [0.1, 0.15) is 11.5 Å². The van der Waals surface area contributed by atoms with Crippen molar-refractivity contribution in [3.63, 3.8) is 0 Å². The van der Waals surface area contributed by atoms with E-state index in [0.29, 0.717) is 24.4 Å². The van der Waals surface area contributed by atoms with Gasteiger partial charge in [-0.05, 0) is 36.8 Å². The van der Waals surface area contributed by atoms with Gasteiger partial charge in [-0.2, -0.15) is 0 Å². The van der Waals surface area contributed by atoms with Gasteiger partial charge in [-0.1, -0.05) is 6.07 Å². The van der Waals surface area contributed by atoms with E-state index in [1.807, 2.05) is 24.3 Å². The van der Waals surface area contributed by atoms with Gasteiger partial charge in [0.15, 0.2) is 0 Å². The molecule has 22 heavy (non-hydrogen) atoms. The molecule has 0 unspecified atom stereocenters. The van der Waals surface area contributed by atoms with Gasteiger partial charge >= 0.3 is 0 Å². The molecule has 0 aromatic carbocycles. The monoisotopic (exact) mass is 296 g/mol. The highest BCUT2D eigenvalue weighted by Gasteiger charge is 2.21. The van der Waals surface area contributed by atoms with E-state index in [-0.39, 0.29) is 5.91 Å². The van der Waals surface area contributed by atoms with Gasteiger partial charge in [0, 0.05) is 18.9 Å². The molecule has 3 aromatic rings. The third-order valence-electron chi connectivity index (χ3n) is 3.40. The number of pyridine rings is 1. The first-order valence-corrected chi connectivity index (χ1v) is 6.98. The Bertz CT molecular complexity index is 732. The summed E-state index contributed by atoms with van der Waals surface area (Å²) in [6.07, 6.45) is 6.59. The number of aromatic nitrogens is 1. The number of furan rings is 2. The number of carbonyl (C=O) groups excluding carboxylic acids is 1. The van der Waals surface area contributed by atoms with E-state index < -0.39 is 0 Å². The zero-order valence-corrected chi connectivity index (χ0v) is 12.2. The van der Waals surface area contributed by atoms with Crippen molar-refractivity contribution in [2.75, 3.05) is 0 Å². The largest absolute Gasteiger partial charge is 0.469 e. The van der Waals surface area contributed by atoms with Crippen molar-refractivity contribution < 1.29 is 13.6 Å². The first-order chi connectivity index (χ1) is 10.7. The van der Waals surface area contributed by atoms with Gasteiger partial charge in [-0.15, -0.1) is 0 Å². The zero-order valence-electron chi connectivity index (χ0n) is 12.2. The standard InChI is InChI=1S/C17H16N2O3/c1-13-16(6-9-21-13)17(20)19(12-15-5-3-8-22-15)11-14-4-2-7-18-10-14/h2-10H,11-12H2,1H3. The van der Waals surface area contributed by atoms with Crippen molar-refractivity contribution >= 4 is 5.91 Å². The summed E-state index contributed by atoms with van der Waals surface area (Å²) >= 11 is 0. The fourth-order valence-corrected chi connectivity index (χ4v) is 2.28.